The van der Waals surface area contributed by atoms with Gasteiger partial charge in [0.05, 0.1) is 0 Å². The molecule has 0 saturated heterocycles. The van der Waals surface area contributed by atoms with E-state index in [9.17, 15) is 0 Å². The van der Waals surface area contributed by atoms with E-state index in [0.29, 0.717) is 6.61 Å². The van der Waals surface area contributed by atoms with E-state index in [1.807, 2.05) is 0 Å². The molecule has 0 bridgehead atoms. The van der Waals surface area contributed by atoms with Gasteiger partial charge < -0.3 is 5.11 Å². The van der Waals surface area contributed by atoms with Crippen LogP contribution in [0.2, 0.25) is 0 Å². The first kappa shape index (κ1) is 18.7. The Morgan fingerprint density at radius 2 is 1.00 bits per heavy atom. The highest BCUT2D eigenvalue weighted by atomic mass is 16.2. The lowest BCUT2D eigenvalue weighted by atomic mass is 10.1. The molecule has 0 saturated carbocycles. The van der Waals surface area contributed by atoms with Crippen LogP contribution < -0.4 is 0 Å². The van der Waals surface area contributed by atoms with Crippen LogP contribution in [-0.2, 0) is 0 Å². The molecule has 0 unspecified atom stereocenters. The lowest BCUT2D eigenvalue weighted by molar-refractivity contribution is 0.282. The fourth-order valence-electron chi connectivity index (χ4n) is 2.36. The summed E-state index contributed by atoms with van der Waals surface area (Å²) < 4.78 is 0. The summed E-state index contributed by atoms with van der Waals surface area (Å²) in [6.07, 6.45) is 23.2. The van der Waals surface area contributed by atoms with E-state index in [2.05, 4.69) is 19.1 Å². The Labute approximate surface area is 121 Å². The van der Waals surface area contributed by atoms with Crippen molar-refractivity contribution in [2.45, 2.75) is 96.8 Å². The van der Waals surface area contributed by atoms with Crippen LogP contribution in [0.15, 0.2) is 12.2 Å². The Kier molecular flexibility index (Phi) is 17.4. The molecular weight excluding hydrogens is 232 g/mol. The minimum Gasteiger partial charge on any atom is -0.396 e. The van der Waals surface area contributed by atoms with Gasteiger partial charge in [-0.1, -0.05) is 76.9 Å². The van der Waals surface area contributed by atoms with Crippen LogP contribution in [0.5, 0.6) is 0 Å². The molecule has 0 aliphatic rings. The molecule has 0 fully saturated rings. The molecular formula is C18H36O. The summed E-state index contributed by atoms with van der Waals surface area (Å²) >= 11 is 0. The van der Waals surface area contributed by atoms with Crippen molar-refractivity contribution in [1.29, 1.82) is 0 Å². The molecule has 0 atom stereocenters. The first-order chi connectivity index (χ1) is 9.41. The van der Waals surface area contributed by atoms with Gasteiger partial charge in [-0.2, -0.15) is 0 Å². The van der Waals surface area contributed by atoms with Crippen LogP contribution in [0.25, 0.3) is 0 Å². The van der Waals surface area contributed by atoms with Crippen molar-refractivity contribution < 1.29 is 5.11 Å². The third-order valence-electron chi connectivity index (χ3n) is 3.67. The summed E-state index contributed by atoms with van der Waals surface area (Å²) in [5.74, 6) is 0. The summed E-state index contributed by atoms with van der Waals surface area (Å²) in [7, 11) is 0. The lowest BCUT2D eigenvalue weighted by Crippen LogP contribution is -1.83. The van der Waals surface area contributed by atoms with E-state index in [1.165, 1.54) is 83.5 Å². The van der Waals surface area contributed by atoms with E-state index in [-0.39, 0.29) is 0 Å². The number of allylic oxidation sites excluding steroid dienone is 2. The summed E-state index contributed by atoms with van der Waals surface area (Å²) in [5.41, 5.74) is 0. The average molecular weight is 268 g/mol. The van der Waals surface area contributed by atoms with Crippen molar-refractivity contribution in [1.82, 2.24) is 0 Å². The summed E-state index contributed by atoms with van der Waals surface area (Å²) in [5, 5.41) is 8.66. The molecule has 19 heavy (non-hydrogen) atoms. The number of aliphatic hydroxyl groups is 1. The summed E-state index contributed by atoms with van der Waals surface area (Å²) in [6.45, 7) is 2.63. The SMILES string of the molecule is CCCCCCCCC/C=C\CCCCCCCO. The summed E-state index contributed by atoms with van der Waals surface area (Å²) in [6, 6.07) is 0. The van der Waals surface area contributed by atoms with Gasteiger partial charge in [0.25, 0.3) is 0 Å². The Hall–Kier alpha value is -0.300. The first-order valence-corrected chi connectivity index (χ1v) is 8.67. The van der Waals surface area contributed by atoms with Gasteiger partial charge in [-0.15, -0.1) is 0 Å². The van der Waals surface area contributed by atoms with Crippen molar-refractivity contribution >= 4 is 0 Å². The largest absolute Gasteiger partial charge is 0.396 e. The second kappa shape index (κ2) is 17.7. The monoisotopic (exact) mass is 268 g/mol. The number of hydrogen-bond acceptors (Lipinski definition) is 1. The van der Waals surface area contributed by atoms with Gasteiger partial charge >= 0.3 is 0 Å². The maximum absolute atomic E-state index is 8.66. The van der Waals surface area contributed by atoms with E-state index in [4.69, 9.17) is 5.11 Å². The second-order valence-electron chi connectivity index (χ2n) is 5.66. The Morgan fingerprint density at radius 1 is 0.579 bits per heavy atom. The molecule has 0 spiro atoms. The molecule has 1 nitrogen and oxygen atoms in total. The second-order valence-corrected chi connectivity index (χ2v) is 5.66. The molecule has 114 valence electrons. The number of hydrogen-bond donors (Lipinski definition) is 1. The zero-order chi connectivity index (χ0) is 14.0. The van der Waals surface area contributed by atoms with Crippen LogP contribution in [0.4, 0.5) is 0 Å². The average Bonchev–Trinajstić information content (AvgIpc) is 2.43. The normalized spacial score (nSPS) is 11.5. The topological polar surface area (TPSA) is 20.2 Å². The predicted molar refractivity (Wildman–Crippen MR) is 86.5 cm³/mol. The molecule has 0 aliphatic heterocycles. The highest BCUT2D eigenvalue weighted by Crippen LogP contribution is 2.09. The molecule has 1 heteroatoms. The van der Waals surface area contributed by atoms with Crippen LogP contribution in [0, 0.1) is 0 Å². The molecule has 0 aromatic heterocycles. The third kappa shape index (κ3) is 17.7. The first-order valence-electron chi connectivity index (χ1n) is 8.67. The minimum atomic E-state index is 0.359. The predicted octanol–water partition coefficient (Wildman–Crippen LogP) is 6.02. The number of rotatable bonds is 15. The van der Waals surface area contributed by atoms with Gasteiger partial charge in [0.2, 0.25) is 0 Å². The Morgan fingerprint density at radius 3 is 1.47 bits per heavy atom. The summed E-state index contributed by atoms with van der Waals surface area (Å²) in [4.78, 5) is 0. The number of unbranched alkanes of at least 4 members (excludes halogenated alkanes) is 12. The van der Waals surface area contributed by atoms with Crippen molar-refractivity contribution in [2.24, 2.45) is 0 Å². The van der Waals surface area contributed by atoms with Gasteiger partial charge in [0.15, 0.2) is 0 Å². The van der Waals surface area contributed by atoms with E-state index < -0.39 is 0 Å². The standard InChI is InChI=1S/C18H36O/c1-2-3-4-5-6-7-8-9-10-11-12-13-14-15-16-17-18-19/h10-11,19H,2-9,12-18H2,1H3/b11-10-. The molecule has 0 aliphatic carbocycles. The maximum Gasteiger partial charge on any atom is 0.0431 e. The van der Waals surface area contributed by atoms with E-state index in [1.54, 1.807) is 0 Å². The highest BCUT2D eigenvalue weighted by Gasteiger charge is 1.90. The van der Waals surface area contributed by atoms with Crippen molar-refractivity contribution in [3.63, 3.8) is 0 Å². The molecule has 0 aromatic rings. The van der Waals surface area contributed by atoms with Crippen molar-refractivity contribution in [3.05, 3.63) is 12.2 Å². The van der Waals surface area contributed by atoms with Gasteiger partial charge in [0, 0.05) is 6.61 Å². The smallest absolute Gasteiger partial charge is 0.0431 e. The van der Waals surface area contributed by atoms with Crippen LogP contribution in [0.3, 0.4) is 0 Å². The molecule has 0 radical (unpaired) electrons. The van der Waals surface area contributed by atoms with Gasteiger partial charge in [-0.25, -0.2) is 0 Å². The van der Waals surface area contributed by atoms with Crippen LogP contribution in [0.1, 0.15) is 96.8 Å². The fourth-order valence-corrected chi connectivity index (χ4v) is 2.36. The van der Waals surface area contributed by atoms with Gasteiger partial charge in [0.1, 0.15) is 0 Å². The van der Waals surface area contributed by atoms with Crippen LogP contribution in [-0.4, -0.2) is 11.7 Å². The Bertz CT molecular complexity index is 175. The van der Waals surface area contributed by atoms with Crippen molar-refractivity contribution in [3.8, 4) is 0 Å². The molecule has 0 aromatic carbocycles. The molecule has 0 amide bonds. The fraction of sp³-hybridized carbons (Fsp3) is 0.889. The zero-order valence-electron chi connectivity index (χ0n) is 13.2. The lowest BCUT2D eigenvalue weighted by Gasteiger charge is -1.99. The number of aliphatic hydroxyl groups excluding tert-OH is 1. The molecule has 0 rings (SSSR count). The van der Waals surface area contributed by atoms with Gasteiger partial charge in [-0.3, -0.25) is 0 Å². The van der Waals surface area contributed by atoms with E-state index >= 15 is 0 Å². The molecule has 1 N–H and O–H groups in total. The quantitative estimate of drug-likeness (QED) is 0.284. The Balaban J connectivity index is 3.01. The van der Waals surface area contributed by atoms with Crippen molar-refractivity contribution in [2.75, 3.05) is 6.61 Å². The maximum atomic E-state index is 8.66. The highest BCUT2D eigenvalue weighted by molar-refractivity contribution is 4.81. The van der Waals surface area contributed by atoms with Crippen LogP contribution >= 0.6 is 0 Å². The third-order valence-corrected chi connectivity index (χ3v) is 3.67. The zero-order valence-corrected chi connectivity index (χ0v) is 13.2. The van der Waals surface area contributed by atoms with E-state index in [0.717, 1.165) is 6.42 Å². The minimum absolute atomic E-state index is 0.359. The van der Waals surface area contributed by atoms with Gasteiger partial charge in [-0.05, 0) is 32.1 Å². The molecule has 0 heterocycles.